The average molecular weight is 197 g/mol. The molecule has 80 valence electrons. The number of aliphatic hydroxyl groups excluding tert-OH is 1. The topological polar surface area (TPSA) is 40.5 Å². The van der Waals surface area contributed by atoms with E-state index in [4.69, 9.17) is 5.11 Å². The predicted octanol–water partition coefficient (Wildman–Crippen LogP) is 1.02. The Balaban J connectivity index is 1.82. The molecule has 0 radical (unpaired) electrons. The second-order valence-corrected chi connectivity index (χ2v) is 4.70. The van der Waals surface area contributed by atoms with Gasteiger partial charge in [-0.15, -0.1) is 0 Å². The summed E-state index contributed by atoms with van der Waals surface area (Å²) in [7, 11) is 0. The molecule has 1 heterocycles. The highest BCUT2D eigenvalue weighted by Crippen LogP contribution is 2.27. The van der Waals surface area contributed by atoms with Crippen molar-refractivity contribution in [1.29, 1.82) is 0 Å². The van der Waals surface area contributed by atoms with Gasteiger partial charge in [0.15, 0.2) is 0 Å². The molecular weight excluding hydrogens is 178 g/mol. The van der Waals surface area contributed by atoms with E-state index in [0.29, 0.717) is 6.42 Å². The van der Waals surface area contributed by atoms with Gasteiger partial charge >= 0.3 is 0 Å². The fraction of sp³-hybridized carbons (Fsp3) is 0.909. The van der Waals surface area contributed by atoms with Crippen LogP contribution in [0.1, 0.15) is 32.1 Å². The van der Waals surface area contributed by atoms with Crippen LogP contribution in [0, 0.1) is 11.8 Å². The smallest absolute Gasteiger partial charge is 0.223 e. The minimum atomic E-state index is 0.160. The van der Waals surface area contributed by atoms with Gasteiger partial charge in [0, 0.05) is 32.0 Å². The minimum Gasteiger partial charge on any atom is -0.396 e. The molecule has 2 rings (SSSR count). The van der Waals surface area contributed by atoms with Crippen molar-refractivity contribution in [1.82, 2.24) is 4.90 Å². The highest BCUT2D eigenvalue weighted by atomic mass is 16.3. The summed E-state index contributed by atoms with van der Waals surface area (Å²) < 4.78 is 0. The van der Waals surface area contributed by atoms with Crippen LogP contribution >= 0.6 is 0 Å². The molecule has 1 saturated heterocycles. The molecule has 1 N–H and O–H groups in total. The Morgan fingerprint density at radius 2 is 2.00 bits per heavy atom. The van der Waals surface area contributed by atoms with E-state index in [1.165, 1.54) is 25.7 Å². The lowest BCUT2D eigenvalue weighted by atomic mass is 10.1. The third kappa shape index (κ3) is 2.08. The molecule has 0 aromatic rings. The molecule has 14 heavy (non-hydrogen) atoms. The van der Waals surface area contributed by atoms with Crippen LogP contribution in [0.15, 0.2) is 0 Å². The summed E-state index contributed by atoms with van der Waals surface area (Å²) in [6.45, 7) is 1.88. The molecular formula is C11H19NO2. The first-order valence-electron chi connectivity index (χ1n) is 5.68. The molecule has 0 spiro atoms. The fourth-order valence-corrected chi connectivity index (χ4v) is 2.66. The fourth-order valence-electron chi connectivity index (χ4n) is 2.66. The van der Waals surface area contributed by atoms with Crippen molar-refractivity contribution in [2.24, 2.45) is 11.8 Å². The first-order chi connectivity index (χ1) is 6.79. The van der Waals surface area contributed by atoms with Gasteiger partial charge in [-0.25, -0.2) is 0 Å². The summed E-state index contributed by atoms with van der Waals surface area (Å²) in [6, 6.07) is 0. The molecule has 1 aliphatic heterocycles. The van der Waals surface area contributed by atoms with Crippen LogP contribution in [0.2, 0.25) is 0 Å². The zero-order chi connectivity index (χ0) is 9.97. The van der Waals surface area contributed by atoms with Gasteiger partial charge < -0.3 is 10.0 Å². The van der Waals surface area contributed by atoms with Crippen LogP contribution in [0.4, 0.5) is 0 Å². The van der Waals surface area contributed by atoms with Crippen LogP contribution in [0.25, 0.3) is 0 Å². The normalized spacial score (nSPS) is 29.1. The maximum absolute atomic E-state index is 11.5. The summed E-state index contributed by atoms with van der Waals surface area (Å²) >= 11 is 0. The quantitative estimate of drug-likeness (QED) is 0.733. The van der Waals surface area contributed by atoms with Crippen molar-refractivity contribution in [3.05, 3.63) is 0 Å². The molecule has 1 amide bonds. The van der Waals surface area contributed by atoms with Gasteiger partial charge in [-0.1, -0.05) is 12.8 Å². The van der Waals surface area contributed by atoms with Crippen LogP contribution in [-0.4, -0.2) is 35.6 Å². The Morgan fingerprint density at radius 3 is 2.57 bits per heavy atom. The number of likely N-dealkylation sites (tertiary alicyclic amines) is 1. The molecule has 2 aliphatic rings. The molecule has 0 bridgehead atoms. The lowest BCUT2D eigenvalue weighted by molar-refractivity contribution is -0.128. The van der Waals surface area contributed by atoms with Crippen LogP contribution in [0.3, 0.4) is 0 Å². The Bertz CT molecular complexity index is 211. The third-order valence-electron chi connectivity index (χ3n) is 3.51. The second-order valence-electron chi connectivity index (χ2n) is 4.70. The largest absolute Gasteiger partial charge is 0.396 e. The molecule has 2 fully saturated rings. The first kappa shape index (κ1) is 9.97. The molecule has 1 saturated carbocycles. The highest BCUT2D eigenvalue weighted by Gasteiger charge is 2.30. The first-order valence-corrected chi connectivity index (χ1v) is 5.68. The van der Waals surface area contributed by atoms with Crippen LogP contribution < -0.4 is 0 Å². The number of carbonyl (C=O) groups is 1. The summed E-state index contributed by atoms with van der Waals surface area (Å²) in [4.78, 5) is 13.5. The molecule has 1 unspecified atom stereocenters. The van der Waals surface area contributed by atoms with Crippen LogP contribution in [0.5, 0.6) is 0 Å². The number of carbonyl (C=O) groups excluding carboxylic acids is 1. The number of aliphatic hydroxyl groups is 1. The second kappa shape index (κ2) is 4.30. The van der Waals surface area contributed by atoms with Gasteiger partial charge in [0.05, 0.1) is 0 Å². The lowest BCUT2D eigenvalue weighted by Gasteiger charge is -2.20. The zero-order valence-electron chi connectivity index (χ0n) is 8.61. The molecule has 1 aliphatic carbocycles. The van der Waals surface area contributed by atoms with Crippen molar-refractivity contribution in [3.8, 4) is 0 Å². The van der Waals surface area contributed by atoms with Gasteiger partial charge in [0.1, 0.15) is 0 Å². The third-order valence-corrected chi connectivity index (χ3v) is 3.51. The number of nitrogens with zero attached hydrogens (tertiary/aromatic N) is 1. The van der Waals surface area contributed by atoms with Crippen molar-refractivity contribution in [2.45, 2.75) is 32.1 Å². The average Bonchev–Trinajstić information content (AvgIpc) is 2.78. The summed E-state index contributed by atoms with van der Waals surface area (Å²) in [5.74, 6) is 1.18. The van der Waals surface area contributed by atoms with E-state index in [1.54, 1.807) is 0 Å². The molecule has 0 aromatic heterocycles. The van der Waals surface area contributed by atoms with Crippen molar-refractivity contribution in [3.63, 3.8) is 0 Å². The van der Waals surface area contributed by atoms with E-state index < -0.39 is 0 Å². The molecule has 0 aromatic carbocycles. The Labute approximate surface area is 85.1 Å². The Hall–Kier alpha value is -0.570. The van der Waals surface area contributed by atoms with E-state index >= 15 is 0 Å². The van der Waals surface area contributed by atoms with E-state index in [9.17, 15) is 4.79 Å². The SMILES string of the molecule is O=C1CC(CO)CN1CC1CCCC1. The number of rotatable bonds is 3. The zero-order valence-corrected chi connectivity index (χ0v) is 8.61. The van der Waals surface area contributed by atoms with E-state index in [1.807, 2.05) is 4.90 Å². The molecule has 1 atom stereocenters. The van der Waals surface area contributed by atoms with Gasteiger partial charge in [-0.05, 0) is 18.8 Å². The van der Waals surface area contributed by atoms with Gasteiger partial charge in [0.2, 0.25) is 5.91 Å². The molecule has 3 nitrogen and oxygen atoms in total. The van der Waals surface area contributed by atoms with Crippen molar-refractivity contribution in [2.75, 3.05) is 19.7 Å². The number of hydrogen-bond donors (Lipinski definition) is 1. The maximum Gasteiger partial charge on any atom is 0.223 e. The van der Waals surface area contributed by atoms with Gasteiger partial charge in [-0.2, -0.15) is 0 Å². The Morgan fingerprint density at radius 1 is 1.29 bits per heavy atom. The summed E-state index contributed by atoms with van der Waals surface area (Å²) in [5.41, 5.74) is 0. The van der Waals surface area contributed by atoms with Crippen LogP contribution in [-0.2, 0) is 4.79 Å². The number of hydrogen-bond acceptors (Lipinski definition) is 2. The summed E-state index contributed by atoms with van der Waals surface area (Å²) in [5, 5.41) is 8.98. The van der Waals surface area contributed by atoms with Gasteiger partial charge in [0.25, 0.3) is 0 Å². The lowest BCUT2D eigenvalue weighted by Crippen LogP contribution is -2.30. The van der Waals surface area contributed by atoms with E-state index in [2.05, 4.69) is 0 Å². The molecule has 3 heteroatoms. The van der Waals surface area contributed by atoms with Crippen molar-refractivity contribution < 1.29 is 9.90 Å². The predicted molar refractivity (Wildman–Crippen MR) is 53.7 cm³/mol. The van der Waals surface area contributed by atoms with E-state index in [0.717, 1.165) is 19.0 Å². The summed E-state index contributed by atoms with van der Waals surface area (Å²) in [6.07, 6.45) is 5.79. The standard InChI is InChI=1S/C11H19NO2/c13-8-10-5-11(14)12(7-10)6-9-3-1-2-4-9/h9-10,13H,1-8H2. The Kier molecular flexibility index (Phi) is 3.06. The van der Waals surface area contributed by atoms with Crippen molar-refractivity contribution >= 4 is 5.91 Å². The number of amides is 1. The highest BCUT2D eigenvalue weighted by molar-refractivity contribution is 5.78. The monoisotopic (exact) mass is 197 g/mol. The van der Waals surface area contributed by atoms with E-state index in [-0.39, 0.29) is 18.4 Å². The minimum absolute atomic E-state index is 0.160. The maximum atomic E-state index is 11.5. The van der Waals surface area contributed by atoms with Gasteiger partial charge in [-0.3, -0.25) is 4.79 Å².